The first-order valence-corrected chi connectivity index (χ1v) is 11.4. The van der Waals surface area contributed by atoms with Crippen molar-refractivity contribution in [3.63, 3.8) is 0 Å². The third-order valence-electron chi connectivity index (χ3n) is 5.12. The molecule has 1 N–H and O–H groups in total. The number of aromatic nitrogens is 2. The second kappa shape index (κ2) is 10.4. The number of anilines is 1. The van der Waals surface area contributed by atoms with Crippen molar-refractivity contribution in [2.24, 2.45) is 0 Å². The van der Waals surface area contributed by atoms with E-state index in [0.717, 1.165) is 48.0 Å². The smallest absolute Gasteiger partial charge is 0.260 e. The number of nitrogens with zero attached hydrogens (tertiary/aromatic N) is 3. The van der Waals surface area contributed by atoms with Gasteiger partial charge in [-0.25, -0.2) is 9.97 Å². The summed E-state index contributed by atoms with van der Waals surface area (Å²) in [5.41, 5.74) is 3.49. The van der Waals surface area contributed by atoms with Crippen LogP contribution in [-0.4, -0.2) is 52.6 Å². The molecule has 0 atom stereocenters. The van der Waals surface area contributed by atoms with E-state index in [-0.39, 0.29) is 18.4 Å². The van der Waals surface area contributed by atoms with Gasteiger partial charge in [0.05, 0.1) is 0 Å². The molecule has 1 aliphatic rings. The lowest BCUT2D eigenvalue weighted by Gasteiger charge is -2.16. The van der Waals surface area contributed by atoms with Crippen LogP contribution in [0.15, 0.2) is 29.4 Å². The van der Waals surface area contributed by atoms with Crippen molar-refractivity contribution in [1.82, 2.24) is 14.9 Å². The van der Waals surface area contributed by atoms with Crippen LogP contribution in [-0.2, 0) is 16.0 Å². The van der Waals surface area contributed by atoms with Gasteiger partial charge in [-0.15, -0.1) is 0 Å². The molecule has 2 heterocycles. The number of likely N-dealkylation sites (tertiary alicyclic amines) is 1. The molecular weight excluding hydrogens is 400 g/mol. The van der Waals surface area contributed by atoms with E-state index in [1.807, 2.05) is 25.0 Å². The van der Waals surface area contributed by atoms with E-state index in [1.54, 1.807) is 24.3 Å². The number of aryl methyl sites for hydroxylation is 2. The van der Waals surface area contributed by atoms with E-state index in [4.69, 9.17) is 4.74 Å². The molecule has 0 aliphatic carbocycles. The van der Waals surface area contributed by atoms with Crippen molar-refractivity contribution in [1.29, 1.82) is 0 Å². The SMILES string of the molecule is CSc1nc(C)c(CCC(=O)Nc2cccc(OCC(=O)N3CCCC3)c2)c(C)n1. The molecule has 30 heavy (non-hydrogen) atoms. The fraction of sp³-hybridized carbons (Fsp3) is 0.455. The summed E-state index contributed by atoms with van der Waals surface area (Å²) in [6.07, 6.45) is 4.97. The largest absolute Gasteiger partial charge is 0.484 e. The van der Waals surface area contributed by atoms with E-state index in [1.165, 1.54) is 11.8 Å². The number of thioether (sulfide) groups is 1. The highest BCUT2D eigenvalue weighted by atomic mass is 32.2. The van der Waals surface area contributed by atoms with E-state index in [0.29, 0.717) is 24.3 Å². The zero-order valence-corrected chi connectivity index (χ0v) is 18.6. The molecule has 1 aromatic heterocycles. The summed E-state index contributed by atoms with van der Waals surface area (Å²) < 4.78 is 5.62. The second-order valence-corrected chi connectivity index (χ2v) is 8.09. The highest BCUT2D eigenvalue weighted by molar-refractivity contribution is 7.98. The number of rotatable bonds is 8. The minimum Gasteiger partial charge on any atom is -0.484 e. The van der Waals surface area contributed by atoms with Crippen molar-refractivity contribution in [3.05, 3.63) is 41.2 Å². The van der Waals surface area contributed by atoms with Gasteiger partial charge in [-0.2, -0.15) is 0 Å². The first kappa shape index (κ1) is 22.1. The van der Waals surface area contributed by atoms with Gasteiger partial charge in [-0.05, 0) is 57.1 Å². The number of benzene rings is 1. The number of hydrogen-bond acceptors (Lipinski definition) is 6. The standard InChI is InChI=1S/C22H28N4O3S/c1-15-19(16(2)24-22(23-15)30-3)9-10-20(27)25-17-7-6-8-18(13-17)29-14-21(28)26-11-4-5-12-26/h6-8,13H,4-5,9-12,14H2,1-3H3,(H,25,27). The Labute approximate surface area is 181 Å². The number of nitrogens with one attached hydrogen (secondary N) is 1. The number of ether oxygens (including phenoxy) is 1. The van der Waals surface area contributed by atoms with Crippen LogP contribution in [0.25, 0.3) is 0 Å². The van der Waals surface area contributed by atoms with Gasteiger partial charge in [-0.3, -0.25) is 9.59 Å². The van der Waals surface area contributed by atoms with Gasteiger partial charge >= 0.3 is 0 Å². The number of carbonyl (C=O) groups is 2. The summed E-state index contributed by atoms with van der Waals surface area (Å²) in [6, 6.07) is 7.13. The van der Waals surface area contributed by atoms with Crippen molar-refractivity contribution < 1.29 is 14.3 Å². The monoisotopic (exact) mass is 428 g/mol. The van der Waals surface area contributed by atoms with E-state index < -0.39 is 0 Å². The lowest BCUT2D eigenvalue weighted by atomic mass is 10.1. The van der Waals surface area contributed by atoms with E-state index in [9.17, 15) is 9.59 Å². The van der Waals surface area contributed by atoms with Crippen LogP contribution in [0.2, 0.25) is 0 Å². The van der Waals surface area contributed by atoms with Crippen molar-refractivity contribution in [2.45, 2.75) is 44.7 Å². The lowest BCUT2D eigenvalue weighted by molar-refractivity contribution is -0.132. The molecule has 2 aromatic rings. The minimum absolute atomic E-state index is 0.00221. The molecule has 2 amide bonds. The van der Waals surface area contributed by atoms with Crippen LogP contribution < -0.4 is 10.1 Å². The van der Waals surface area contributed by atoms with Gasteiger partial charge in [0.1, 0.15) is 5.75 Å². The van der Waals surface area contributed by atoms with Crippen molar-refractivity contribution >= 4 is 29.3 Å². The third-order valence-corrected chi connectivity index (χ3v) is 5.67. The van der Waals surface area contributed by atoms with Gasteiger partial charge < -0.3 is 15.0 Å². The summed E-state index contributed by atoms with van der Waals surface area (Å²) in [5.74, 6) is 0.475. The molecule has 1 aromatic carbocycles. The molecule has 0 radical (unpaired) electrons. The molecule has 1 saturated heterocycles. The Morgan fingerprint density at radius 1 is 1.17 bits per heavy atom. The van der Waals surface area contributed by atoms with Crippen molar-refractivity contribution in [3.8, 4) is 5.75 Å². The zero-order valence-electron chi connectivity index (χ0n) is 17.7. The van der Waals surface area contributed by atoms with Gasteiger partial charge in [0.25, 0.3) is 5.91 Å². The quantitative estimate of drug-likeness (QED) is 0.513. The van der Waals surface area contributed by atoms with Crippen LogP contribution in [0.5, 0.6) is 5.75 Å². The highest BCUT2D eigenvalue weighted by Gasteiger charge is 2.18. The molecule has 3 rings (SSSR count). The number of amides is 2. The van der Waals surface area contributed by atoms with Gasteiger partial charge in [0.15, 0.2) is 11.8 Å². The Bertz CT molecular complexity index is 890. The number of carbonyl (C=O) groups excluding carboxylic acids is 2. The molecule has 1 fully saturated rings. The average molecular weight is 429 g/mol. The summed E-state index contributed by atoms with van der Waals surface area (Å²) >= 11 is 1.51. The lowest BCUT2D eigenvalue weighted by Crippen LogP contribution is -2.32. The minimum atomic E-state index is -0.0898. The van der Waals surface area contributed by atoms with Crippen molar-refractivity contribution in [2.75, 3.05) is 31.3 Å². The average Bonchev–Trinajstić information content (AvgIpc) is 3.26. The molecule has 0 spiro atoms. The highest BCUT2D eigenvalue weighted by Crippen LogP contribution is 2.20. The summed E-state index contributed by atoms with van der Waals surface area (Å²) in [5, 5.41) is 3.65. The molecule has 0 bridgehead atoms. The summed E-state index contributed by atoms with van der Waals surface area (Å²) in [7, 11) is 0. The number of hydrogen-bond donors (Lipinski definition) is 1. The maximum Gasteiger partial charge on any atom is 0.260 e. The van der Waals surface area contributed by atoms with Gasteiger partial charge in [0, 0.05) is 42.7 Å². The molecule has 0 unspecified atom stereocenters. The second-order valence-electron chi connectivity index (χ2n) is 7.31. The summed E-state index contributed by atoms with van der Waals surface area (Å²) in [4.78, 5) is 35.3. The van der Waals surface area contributed by atoms with E-state index in [2.05, 4.69) is 15.3 Å². The molecule has 0 saturated carbocycles. The fourth-order valence-electron chi connectivity index (χ4n) is 3.49. The Hall–Kier alpha value is -2.61. The van der Waals surface area contributed by atoms with E-state index >= 15 is 0 Å². The van der Waals surface area contributed by atoms with Crippen LogP contribution >= 0.6 is 11.8 Å². The van der Waals surface area contributed by atoms with Crippen LogP contribution in [0.3, 0.4) is 0 Å². The molecule has 7 nitrogen and oxygen atoms in total. The predicted octanol–water partition coefficient (Wildman–Crippen LogP) is 3.39. The van der Waals surface area contributed by atoms with Crippen LogP contribution in [0.1, 0.15) is 36.2 Å². The molecule has 8 heteroatoms. The maximum atomic E-state index is 12.4. The Kier molecular flexibility index (Phi) is 7.68. The fourth-order valence-corrected chi connectivity index (χ4v) is 3.95. The predicted molar refractivity (Wildman–Crippen MR) is 118 cm³/mol. The molecule has 1 aliphatic heterocycles. The first-order valence-electron chi connectivity index (χ1n) is 10.1. The third kappa shape index (κ3) is 5.95. The van der Waals surface area contributed by atoms with Crippen LogP contribution in [0.4, 0.5) is 5.69 Å². The Balaban J connectivity index is 1.52. The van der Waals surface area contributed by atoms with Gasteiger partial charge in [0.2, 0.25) is 5.91 Å². The molecule has 160 valence electrons. The Morgan fingerprint density at radius 2 is 1.87 bits per heavy atom. The topological polar surface area (TPSA) is 84.4 Å². The first-order chi connectivity index (χ1) is 14.5. The normalized spacial score (nSPS) is 13.4. The summed E-state index contributed by atoms with van der Waals surface area (Å²) in [6.45, 7) is 5.53. The Morgan fingerprint density at radius 3 is 2.53 bits per heavy atom. The maximum absolute atomic E-state index is 12.4. The molecular formula is C22H28N4O3S. The zero-order chi connectivity index (χ0) is 21.5. The van der Waals surface area contributed by atoms with Gasteiger partial charge in [-0.1, -0.05) is 17.8 Å². The van der Waals surface area contributed by atoms with Crippen LogP contribution in [0, 0.1) is 13.8 Å².